The summed E-state index contributed by atoms with van der Waals surface area (Å²) in [4.78, 5) is 6.57. The van der Waals surface area contributed by atoms with E-state index in [2.05, 4.69) is 42.2 Å². The van der Waals surface area contributed by atoms with Crippen LogP contribution in [0.25, 0.3) is 9.75 Å². The predicted octanol–water partition coefficient (Wildman–Crippen LogP) is 4.40. The summed E-state index contributed by atoms with van der Waals surface area (Å²) >= 11 is 10.3. The molecule has 0 aliphatic carbocycles. The summed E-state index contributed by atoms with van der Waals surface area (Å²) in [6, 6.07) is 2.05. The van der Waals surface area contributed by atoms with Crippen LogP contribution in [-0.2, 0) is 0 Å². The third kappa shape index (κ3) is 1.51. The van der Waals surface area contributed by atoms with Crippen molar-refractivity contribution in [2.75, 3.05) is 0 Å². The molecule has 1 nitrogen and oxygen atoms in total. The number of rotatable bonds is 1. The maximum absolute atomic E-state index is 4.13. The number of hydrogen-bond donors (Lipinski definition) is 0. The average molecular weight is 325 g/mol. The summed E-state index contributed by atoms with van der Waals surface area (Å²) in [6.07, 6.45) is 0. The van der Waals surface area contributed by atoms with Gasteiger partial charge in [0, 0.05) is 4.47 Å². The van der Waals surface area contributed by atoms with Gasteiger partial charge in [-0.1, -0.05) is 0 Å². The van der Waals surface area contributed by atoms with Crippen molar-refractivity contribution in [1.82, 2.24) is 4.98 Å². The van der Waals surface area contributed by atoms with Gasteiger partial charge in [0.2, 0.25) is 0 Å². The lowest BCUT2D eigenvalue weighted by molar-refractivity contribution is 1.37. The lowest BCUT2D eigenvalue weighted by Gasteiger charge is -1.92. The van der Waals surface area contributed by atoms with Crippen LogP contribution in [0.3, 0.4) is 0 Å². The van der Waals surface area contributed by atoms with Crippen LogP contribution in [0.5, 0.6) is 0 Å². The second-order valence-corrected chi connectivity index (χ2v) is 5.45. The molecule has 5 heteroatoms. The van der Waals surface area contributed by atoms with E-state index < -0.39 is 0 Å². The molecule has 0 radical (unpaired) electrons. The van der Waals surface area contributed by atoms with Crippen LogP contribution in [0.4, 0.5) is 0 Å². The second kappa shape index (κ2) is 3.57. The zero-order chi connectivity index (χ0) is 8.55. The Hall–Kier alpha value is 0.290. The van der Waals surface area contributed by atoms with E-state index in [0.29, 0.717) is 0 Å². The summed E-state index contributed by atoms with van der Waals surface area (Å²) in [6.45, 7) is 0. The Morgan fingerprint density at radius 3 is 2.50 bits per heavy atom. The van der Waals surface area contributed by atoms with Gasteiger partial charge < -0.3 is 0 Å². The summed E-state index contributed by atoms with van der Waals surface area (Å²) in [5.41, 5.74) is 1.84. The molecule has 0 fully saturated rings. The minimum Gasteiger partial charge on any atom is -0.237 e. The minimum atomic E-state index is 0.927. The van der Waals surface area contributed by atoms with Gasteiger partial charge in [0.15, 0.2) is 0 Å². The fraction of sp³-hybridized carbons (Fsp3) is 0. The fourth-order valence-electron chi connectivity index (χ4n) is 0.836. The van der Waals surface area contributed by atoms with Crippen molar-refractivity contribution in [2.45, 2.75) is 0 Å². The van der Waals surface area contributed by atoms with Crippen molar-refractivity contribution in [3.63, 3.8) is 0 Å². The second-order valence-electron chi connectivity index (χ2n) is 2.07. The maximum atomic E-state index is 4.13. The largest absolute Gasteiger partial charge is 0.237 e. The third-order valence-corrected chi connectivity index (χ3v) is 5.04. The summed E-state index contributed by atoms with van der Waals surface area (Å²) in [5.74, 6) is 0. The van der Waals surface area contributed by atoms with Gasteiger partial charge >= 0.3 is 0 Å². The van der Waals surface area contributed by atoms with Crippen LogP contribution >= 0.6 is 54.5 Å². The molecule has 62 valence electrons. The van der Waals surface area contributed by atoms with E-state index >= 15 is 0 Å². The SMILES string of the molecule is Brc1ccsc1-c1scnc1Br. The molecule has 0 saturated carbocycles. The van der Waals surface area contributed by atoms with E-state index in [1.807, 2.05) is 11.6 Å². The van der Waals surface area contributed by atoms with Crippen LogP contribution in [-0.4, -0.2) is 4.98 Å². The molecule has 0 spiro atoms. The zero-order valence-electron chi connectivity index (χ0n) is 5.75. The zero-order valence-corrected chi connectivity index (χ0v) is 10.6. The number of nitrogens with zero attached hydrogens (tertiary/aromatic N) is 1. The standard InChI is InChI=1S/C7H3Br2NS2/c8-4-1-2-11-5(4)6-7(9)10-3-12-6/h1-3H. The van der Waals surface area contributed by atoms with E-state index in [9.17, 15) is 0 Å². The van der Waals surface area contributed by atoms with Gasteiger partial charge in [0.25, 0.3) is 0 Å². The highest BCUT2D eigenvalue weighted by Gasteiger charge is 2.10. The third-order valence-electron chi connectivity index (χ3n) is 1.35. The lowest BCUT2D eigenvalue weighted by Crippen LogP contribution is -1.67. The number of hydrogen-bond acceptors (Lipinski definition) is 3. The summed E-state index contributed by atoms with van der Waals surface area (Å²) in [7, 11) is 0. The Bertz CT molecular complexity index is 355. The first-order valence-corrected chi connectivity index (χ1v) is 6.46. The molecule has 12 heavy (non-hydrogen) atoms. The Morgan fingerprint density at radius 1 is 1.17 bits per heavy atom. The summed E-state index contributed by atoms with van der Waals surface area (Å²) < 4.78 is 2.06. The highest BCUT2D eigenvalue weighted by molar-refractivity contribution is 9.11. The highest BCUT2D eigenvalue weighted by atomic mass is 79.9. The summed E-state index contributed by atoms with van der Waals surface area (Å²) in [5, 5.41) is 2.06. The first kappa shape index (κ1) is 8.87. The molecule has 2 aromatic rings. The van der Waals surface area contributed by atoms with Gasteiger partial charge in [-0.05, 0) is 43.3 Å². The van der Waals surface area contributed by atoms with Crippen LogP contribution in [0.1, 0.15) is 0 Å². The molecule has 0 N–H and O–H groups in total. The van der Waals surface area contributed by atoms with Gasteiger partial charge in [-0.2, -0.15) is 0 Å². The van der Waals surface area contributed by atoms with Crippen molar-refractivity contribution >= 4 is 54.5 Å². The van der Waals surface area contributed by atoms with Gasteiger partial charge in [-0.25, -0.2) is 4.98 Å². The number of thiophene rings is 1. The molecule has 0 amide bonds. The van der Waals surface area contributed by atoms with E-state index in [1.54, 1.807) is 22.7 Å². The molecule has 0 aliphatic heterocycles. The van der Waals surface area contributed by atoms with Crippen LogP contribution in [0.15, 0.2) is 26.0 Å². The Kier molecular flexibility index (Phi) is 2.64. The minimum absolute atomic E-state index is 0.927. The van der Waals surface area contributed by atoms with Crippen molar-refractivity contribution in [2.24, 2.45) is 0 Å². The smallest absolute Gasteiger partial charge is 0.125 e. The maximum Gasteiger partial charge on any atom is 0.125 e. The number of halogens is 2. The van der Waals surface area contributed by atoms with Gasteiger partial charge in [-0.15, -0.1) is 22.7 Å². The van der Waals surface area contributed by atoms with Crippen molar-refractivity contribution in [3.05, 3.63) is 26.0 Å². The molecule has 0 unspecified atom stereocenters. The van der Waals surface area contributed by atoms with Gasteiger partial charge in [0.1, 0.15) is 4.60 Å². The van der Waals surface area contributed by atoms with Crippen LogP contribution in [0.2, 0.25) is 0 Å². The Balaban J connectivity index is 2.57. The molecule has 2 heterocycles. The lowest BCUT2D eigenvalue weighted by atomic mass is 10.4. The van der Waals surface area contributed by atoms with Crippen molar-refractivity contribution in [3.8, 4) is 9.75 Å². The molecule has 2 rings (SSSR count). The number of aromatic nitrogens is 1. The molecule has 2 aromatic heterocycles. The molecular formula is C7H3Br2NS2. The molecule has 0 saturated heterocycles. The topological polar surface area (TPSA) is 12.9 Å². The fourth-order valence-corrected chi connectivity index (χ4v) is 4.24. The van der Waals surface area contributed by atoms with Crippen molar-refractivity contribution < 1.29 is 0 Å². The van der Waals surface area contributed by atoms with E-state index in [0.717, 1.165) is 9.08 Å². The quantitative estimate of drug-likeness (QED) is 0.757. The van der Waals surface area contributed by atoms with E-state index in [1.165, 1.54) is 9.75 Å². The molecule has 0 aromatic carbocycles. The van der Waals surface area contributed by atoms with Gasteiger partial charge in [0.05, 0.1) is 15.3 Å². The van der Waals surface area contributed by atoms with Crippen LogP contribution < -0.4 is 0 Å². The predicted molar refractivity (Wildman–Crippen MR) is 60.8 cm³/mol. The van der Waals surface area contributed by atoms with Crippen LogP contribution in [0, 0.1) is 0 Å². The molecule has 0 bridgehead atoms. The van der Waals surface area contributed by atoms with Gasteiger partial charge in [-0.3, -0.25) is 0 Å². The number of thiazole rings is 1. The van der Waals surface area contributed by atoms with E-state index in [4.69, 9.17) is 0 Å². The highest BCUT2D eigenvalue weighted by Crippen LogP contribution is 2.39. The first-order valence-electron chi connectivity index (χ1n) is 3.11. The Morgan fingerprint density at radius 2 is 2.00 bits per heavy atom. The van der Waals surface area contributed by atoms with E-state index in [-0.39, 0.29) is 0 Å². The normalized spacial score (nSPS) is 10.5. The first-order chi connectivity index (χ1) is 5.79. The Labute approximate surface area is 94.7 Å². The monoisotopic (exact) mass is 323 g/mol. The molecular weight excluding hydrogens is 322 g/mol. The van der Waals surface area contributed by atoms with Crippen molar-refractivity contribution in [1.29, 1.82) is 0 Å². The molecule has 0 atom stereocenters. The molecule has 0 aliphatic rings. The average Bonchev–Trinajstić information content (AvgIpc) is 2.59.